The summed E-state index contributed by atoms with van der Waals surface area (Å²) in [6, 6.07) is 7.31. The van der Waals surface area contributed by atoms with Crippen LogP contribution in [0.4, 0.5) is 4.39 Å². The zero-order valence-corrected chi connectivity index (χ0v) is 21.3. The van der Waals surface area contributed by atoms with Gasteiger partial charge in [-0.05, 0) is 86.9 Å². The Bertz CT molecular complexity index is 1150. The van der Waals surface area contributed by atoms with Crippen molar-refractivity contribution in [2.24, 2.45) is 18.9 Å². The molecular weight excluding hydrogens is 459 g/mol. The van der Waals surface area contributed by atoms with Gasteiger partial charge in [-0.1, -0.05) is 0 Å². The van der Waals surface area contributed by atoms with E-state index in [1.165, 1.54) is 0 Å². The summed E-state index contributed by atoms with van der Waals surface area (Å²) in [5.74, 6) is 1.61. The number of likely N-dealkylation sites (tertiary alicyclic amines) is 1. The molecule has 4 rings (SSSR count). The van der Waals surface area contributed by atoms with Crippen molar-refractivity contribution < 1.29 is 19.0 Å². The first-order chi connectivity index (χ1) is 17.4. The third kappa shape index (κ3) is 6.60. The van der Waals surface area contributed by atoms with Crippen LogP contribution in [0.15, 0.2) is 42.9 Å². The Kier molecular flexibility index (Phi) is 8.91. The van der Waals surface area contributed by atoms with Gasteiger partial charge in [0, 0.05) is 50.4 Å². The monoisotopic (exact) mass is 496 g/mol. The van der Waals surface area contributed by atoms with Crippen LogP contribution in [-0.2, 0) is 18.3 Å². The van der Waals surface area contributed by atoms with Gasteiger partial charge in [-0.3, -0.25) is 9.78 Å². The van der Waals surface area contributed by atoms with Crippen LogP contribution in [0.3, 0.4) is 0 Å². The molecule has 0 bridgehead atoms. The number of piperidine rings is 1. The molecule has 7 nitrogen and oxygen atoms in total. The van der Waals surface area contributed by atoms with Gasteiger partial charge in [0.25, 0.3) is 0 Å². The second kappa shape index (κ2) is 12.3. The number of aryl methyl sites for hydroxylation is 2. The lowest BCUT2D eigenvalue weighted by molar-refractivity contribution is -0.137. The number of fused-ring (bicyclic) bond motifs is 1. The highest BCUT2D eigenvalue weighted by atomic mass is 19.1. The second-order valence-corrected chi connectivity index (χ2v) is 9.93. The molecule has 0 amide bonds. The predicted octanol–water partition coefficient (Wildman–Crippen LogP) is 5.20. The molecule has 0 spiro atoms. The van der Waals surface area contributed by atoms with Crippen LogP contribution in [0.2, 0.25) is 0 Å². The van der Waals surface area contributed by atoms with E-state index in [0.29, 0.717) is 30.1 Å². The van der Waals surface area contributed by atoms with Crippen molar-refractivity contribution in [3.8, 4) is 5.75 Å². The Morgan fingerprint density at radius 3 is 2.83 bits per heavy atom. The topological polar surface area (TPSA) is 80.5 Å². The van der Waals surface area contributed by atoms with Crippen LogP contribution in [-0.4, -0.2) is 57.3 Å². The number of aromatic nitrogens is 3. The Morgan fingerprint density at radius 2 is 2.08 bits per heavy atom. The molecule has 3 aromatic rings. The SMILES string of the molecule is COc1ccc2nccc(C(F)CC[C@@H]3CCN(CCCc4nccn4C)C[C@@H]3CCC(=O)O)c2c1. The number of nitrogens with zero attached hydrogens (tertiary/aromatic N) is 4. The molecule has 0 saturated carbocycles. The molecule has 1 saturated heterocycles. The summed E-state index contributed by atoms with van der Waals surface area (Å²) in [5, 5.41) is 10.1. The van der Waals surface area contributed by atoms with E-state index in [0.717, 1.165) is 62.0 Å². The second-order valence-electron chi connectivity index (χ2n) is 9.93. The normalized spacial score (nSPS) is 19.4. The first-order valence-electron chi connectivity index (χ1n) is 12.9. The van der Waals surface area contributed by atoms with E-state index in [1.54, 1.807) is 19.4 Å². The summed E-state index contributed by atoms with van der Waals surface area (Å²) in [4.78, 5) is 22.5. The number of hydrogen-bond donors (Lipinski definition) is 1. The quantitative estimate of drug-likeness (QED) is 0.371. The number of methoxy groups -OCH3 is 1. The Hall–Kier alpha value is -3.00. The van der Waals surface area contributed by atoms with E-state index in [4.69, 9.17) is 4.74 Å². The lowest BCUT2D eigenvalue weighted by atomic mass is 9.79. The van der Waals surface area contributed by atoms with Gasteiger partial charge in [0.15, 0.2) is 0 Å². The number of aliphatic carboxylic acids is 1. The first kappa shape index (κ1) is 26.1. The summed E-state index contributed by atoms with van der Waals surface area (Å²) < 4.78 is 22.9. The van der Waals surface area contributed by atoms with Gasteiger partial charge in [-0.2, -0.15) is 0 Å². The molecule has 194 valence electrons. The smallest absolute Gasteiger partial charge is 0.303 e. The molecule has 1 aliphatic heterocycles. The number of carboxylic acids is 1. The van der Waals surface area contributed by atoms with Crippen molar-refractivity contribution in [2.75, 3.05) is 26.7 Å². The van der Waals surface area contributed by atoms with Crippen LogP contribution >= 0.6 is 0 Å². The lowest BCUT2D eigenvalue weighted by Crippen LogP contribution is -2.41. The number of alkyl halides is 1. The fourth-order valence-electron chi connectivity index (χ4n) is 5.54. The van der Waals surface area contributed by atoms with E-state index in [2.05, 4.69) is 19.4 Å². The van der Waals surface area contributed by atoms with Crippen molar-refractivity contribution in [1.29, 1.82) is 0 Å². The Labute approximate surface area is 212 Å². The molecule has 3 atom stereocenters. The van der Waals surface area contributed by atoms with E-state index >= 15 is 4.39 Å². The van der Waals surface area contributed by atoms with E-state index in [1.807, 2.05) is 37.6 Å². The van der Waals surface area contributed by atoms with Gasteiger partial charge < -0.3 is 19.3 Å². The summed E-state index contributed by atoms with van der Waals surface area (Å²) in [7, 11) is 3.62. The highest BCUT2D eigenvalue weighted by Gasteiger charge is 2.30. The maximum Gasteiger partial charge on any atom is 0.303 e. The van der Waals surface area contributed by atoms with Gasteiger partial charge in [0.2, 0.25) is 0 Å². The number of hydrogen-bond acceptors (Lipinski definition) is 5. The molecular formula is C28H37FN4O3. The lowest BCUT2D eigenvalue weighted by Gasteiger charge is -2.39. The van der Waals surface area contributed by atoms with Gasteiger partial charge in [-0.25, -0.2) is 9.37 Å². The third-order valence-corrected chi connectivity index (χ3v) is 7.61. The minimum absolute atomic E-state index is 0.163. The van der Waals surface area contributed by atoms with Crippen LogP contribution in [0, 0.1) is 11.8 Å². The average molecular weight is 497 g/mol. The summed E-state index contributed by atoms with van der Waals surface area (Å²) in [5.41, 5.74) is 1.40. The maximum atomic E-state index is 15.5. The van der Waals surface area contributed by atoms with Crippen LogP contribution in [0.1, 0.15) is 56.1 Å². The number of pyridine rings is 1. The van der Waals surface area contributed by atoms with Crippen molar-refractivity contribution in [3.63, 3.8) is 0 Å². The van der Waals surface area contributed by atoms with E-state index in [-0.39, 0.29) is 12.3 Å². The summed E-state index contributed by atoms with van der Waals surface area (Å²) in [6.45, 7) is 2.83. The Morgan fingerprint density at radius 1 is 1.22 bits per heavy atom. The molecule has 0 aliphatic carbocycles. The van der Waals surface area contributed by atoms with Gasteiger partial charge in [0.05, 0.1) is 12.6 Å². The van der Waals surface area contributed by atoms with Crippen LogP contribution in [0.5, 0.6) is 5.75 Å². The predicted molar refractivity (Wildman–Crippen MR) is 138 cm³/mol. The molecule has 1 N–H and O–H groups in total. The van der Waals surface area contributed by atoms with Crippen LogP contribution < -0.4 is 4.74 Å². The first-order valence-corrected chi connectivity index (χ1v) is 12.9. The fourth-order valence-corrected chi connectivity index (χ4v) is 5.54. The molecule has 1 fully saturated rings. The Balaban J connectivity index is 1.36. The van der Waals surface area contributed by atoms with E-state index < -0.39 is 12.1 Å². The highest BCUT2D eigenvalue weighted by Crippen LogP contribution is 2.36. The van der Waals surface area contributed by atoms with Crippen LogP contribution in [0.25, 0.3) is 10.9 Å². The highest BCUT2D eigenvalue weighted by molar-refractivity contribution is 5.83. The number of benzene rings is 1. The zero-order chi connectivity index (χ0) is 25.5. The number of ether oxygens (including phenoxy) is 1. The van der Waals surface area contributed by atoms with Crippen molar-refractivity contribution in [1.82, 2.24) is 19.4 Å². The average Bonchev–Trinajstić information content (AvgIpc) is 3.30. The standard InChI is InChI=1S/C28H37FN4O3/c1-32-17-14-31-27(32)4-3-15-33-16-12-20(21(19-33)6-10-28(34)35)5-8-25(29)23-11-13-30-26-9-7-22(36-2)18-24(23)26/h7,9,11,13-14,17-18,20-21,25H,3-6,8,10,12,15-16,19H2,1-2H3,(H,34,35)/t20-,21+,25?/m1/s1. The minimum Gasteiger partial charge on any atom is -0.497 e. The summed E-state index contributed by atoms with van der Waals surface area (Å²) in [6.07, 6.45) is 9.25. The van der Waals surface area contributed by atoms with Crippen molar-refractivity contribution in [3.05, 3.63) is 54.2 Å². The van der Waals surface area contributed by atoms with Gasteiger partial charge >= 0.3 is 5.97 Å². The molecule has 1 aliphatic rings. The number of imidazole rings is 1. The zero-order valence-electron chi connectivity index (χ0n) is 21.3. The van der Waals surface area contributed by atoms with E-state index in [9.17, 15) is 9.90 Å². The molecule has 1 aromatic carbocycles. The van der Waals surface area contributed by atoms with Gasteiger partial charge in [0.1, 0.15) is 17.7 Å². The van der Waals surface area contributed by atoms with Gasteiger partial charge in [-0.15, -0.1) is 0 Å². The molecule has 8 heteroatoms. The molecule has 2 aromatic heterocycles. The largest absolute Gasteiger partial charge is 0.497 e. The minimum atomic E-state index is -1.10. The number of halogens is 1. The summed E-state index contributed by atoms with van der Waals surface area (Å²) >= 11 is 0. The molecule has 1 unspecified atom stereocenters. The number of carbonyl (C=O) groups is 1. The van der Waals surface area contributed by atoms with Crippen molar-refractivity contribution in [2.45, 2.75) is 51.1 Å². The maximum absolute atomic E-state index is 15.5. The van der Waals surface area contributed by atoms with Crippen molar-refractivity contribution >= 4 is 16.9 Å². The molecule has 0 radical (unpaired) electrons. The third-order valence-electron chi connectivity index (χ3n) is 7.61. The molecule has 3 heterocycles. The number of rotatable bonds is 12. The number of carboxylic acid groups (broad SMARTS) is 1. The fraction of sp³-hybridized carbons (Fsp3) is 0.536. The molecule has 36 heavy (non-hydrogen) atoms.